The third-order valence-electron chi connectivity index (χ3n) is 5.30. The number of hydrogen-bond donors (Lipinski definition) is 4. The van der Waals surface area contributed by atoms with Crippen molar-refractivity contribution < 1.29 is 19.4 Å². The Morgan fingerprint density at radius 1 is 0.931 bits per heavy atom. The molecule has 29 heavy (non-hydrogen) atoms. The Morgan fingerprint density at radius 2 is 1.52 bits per heavy atom. The molecule has 0 aromatic heterocycles. The quantitative estimate of drug-likeness (QED) is 0.474. The van der Waals surface area contributed by atoms with Gasteiger partial charge in [-0.1, -0.05) is 30.3 Å². The normalized spacial score (nSPS) is 15.3. The average molecular weight is 388 g/mol. The molecule has 0 saturated heterocycles. The lowest BCUT2D eigenvalue weighted by Gasteiger charge is -2.43. The lowest BCUT2D eigenvalue weighted by atomic mass is 9.75. The summed E-state index contributed by atoms with van der Waals surface area (Å²) in [6.45, 7) is 0. The number of nitrogen functional groups attached to an aromatic ring is 2. The summed E-state index contributed by atoms with van der Waals surface area (Å²) in [5.74, 6) is 0.380. The van der Waals surface area contributed by atoms with Crippen molar-refractivity contribution in [3.8, 4) is 11.5 Å². The van der Waals surface area contributed by atoms with Crippen LogP contribution in [-0.4, -0.2) is 22.1 Å². The molecule has 5 rings (SSSR count). The second-order valence-corrected chi connectivity index (χ2v) is 6.93. The van der Waals surface area contributed by atoms with E-state index in [0.29, 0.717) is 45.1 Å². The van der Waals surface area contributed by atoms with Crippen molar-refractivity contribution in [2.45, 2.75) is 5.54 Å². The van der Waals surface area contributed by atoms with Gasteiger partial charge in [0.2, 0.25) is 0 Å². The molecule has 0 radical (unpaired) electrons. The number of fused-ring (bicyclic) bond motifs is 6. The number of nitrogens with zero attached hydrogens (tertiary/aromatic N) is 1. The van der Waals surface area contributed by atoms with Gasteiger partial charge in [-0.25, -0.2) is 15.2 Å². The van der Waals surface area contributed by atoms with E-state index in [1.54, 1.807) is 48.5 Å². The Bertz CT molecular complexity index is 1160. The number of hydrogen-bond acceptors (Lipinski definition) is 5. The standard InChI is InChI=1S/C21H16N4O4/c22-11-5-7-15-17(9-11)29-18-10-12(23)6-8-16(18)21(15)14-4-2-1-3-13(14)19(26)25(21)24-20(27)28/h1-10,24H,22-23H2,(H,27,28). The zero-order chi connectivity index (χ0) is 20.3. The summed E-state index contributed by atoms with van der Waals surface area (Å²) in [4.78, 5) is 24.9. The zero-order valence-corrected chi connectivity index (χ0v) is 15.0. The topological polar surface area (TPSA) is 131 Å². The van der Waals surface area contributed by atoms with Crippen molar-refractivity contribution in [3.63, 3.8) is 0 Å². The Hall–Kier alpha value is -4.20. The third-order valence-corrected chi connectivity index (χ3v) is 5.30. The van der Waals surface area contributed by atoms with E-state index < -0.39 is 17.5 Å². The van der Waals surface area contributed by atoms with Crippen molar-refractivity contribution in [3.05, 3.63) is 82.9 Å². The van der Waals surface area contributed by atoms with Crippen LogP contribution in [0.1, 0.15) is 27.0 Å². The number of rotatable bonds is 1. The van der Waals surface area contributed by atoms with E-state index in [4.69, 9.17) is 16.2 Å². The van der Waals surface area contributed by atoms with E-state index in [-0.39, 0.29) is 0 Å². The maximum absolute atomic E-state index is 13.3. The number of carboxylic acid groups (broad SMARTS) is 1. The van der Waals surface area contributed by atoms with Crippen LogP contribution in [0.15, 0.2) is 60.7 Å². The first-order valence-electron chi connectivity index (χ1n) is 8.84. The second kappa shape index (κ2) is 5.65. The Labute approximate surface area is 165 Å². The molecular weight excluding hydrogens is 372 g/mol. The van der Waals surface area contributed by atoms with Crippen LogP contribution in [0.3, 0.4) is 0 Å². The van der Waals surface area contributed by atoms with E-state index >= 15 is 0 Å². The van der Waals surface area contributed by atoms with E-state index in [9.17, 15) is 14.7 Å². The molecule has 0 saturated carbocycles. The van der Waals surface area contributed by atoms with Crippen LogP contribution in [0.4, 0.5) is 16.2 Å². The van der Waals surface area contributed by atoms with Crippen LogP contribution in [-0.2, 0) is 5.54 Å². The minimum absolute atomic E-state index is 0.397. The number of carbonyl (C=O) groups excluding carboxylic acids is 1. The average Bonchev–Trinajstić information content (AvgIpc) is 2.91. The highest BCUT2D eigenvalue weighted by Crippen LogP contribution is 2.57. The number of ether oxygens (including phenoxy) is 1. The van der Waals surface area contributed by atoms with Gasteiger partial charge in [-0.2, -0.15) is 0 Å². The maximum atomic E-state index is 13.3. The first-order chi connectivity index (χ1) is 13.9. The number of amides is 2. The zero-order valence-electron chi connectivity index (χ0n) is 15.0. The summed E-state index contributed by atoms with van der Waals surface area (Å²) in [6, 6.07) is 17.2. The molecule has 2 aliphatic heterocycles. The first-order valence-corrected chi connectivity index (χ1v) is 8.84. The van der Waals surface area contributed by atoms with Gasteiger partial charge in [0.25, 0.3) is 5.91 Å². The van der Waals surface area contributed by atoms with Crippen LogP contribution < -0.4 is 21.6 Å². The molecule has 1 spiro atoms. The molecule has 144 valence electrons. The number of nitrogens with one attached hydrogen (secondary N) is 1. The molecule has 0 unspecified atom stereocenters. The van der Waals surface area contributed by atoms with Crippen molar-refractivity contribution >= 4 is 23.4 Å². The molecule has 2 heterocycles. The van der Waals surface area contributed by atoms with Gasteiger partial charge in [-0.3, -0.25) is 4.79 Å². The van der Waals surface area contributed by atoms with Crippen molar-refractivity contribution in [2.75, 3.05) is 11.5 Å². The number of anilines is 2. The summed E-state index contributed by atoms with van der Waals surface area (Å²) < 4.78 is 6.06. The van der Waals surface area contributed by atoms with Gasteiger partial charge >= 0.3 is 6.09 Å². The van der Waals surface area contributed by atoms with Crippen LogP contribution in [0.2, 0.25) is 0 Å². The minimum Gasteiger partial charge on any atom is -0.464 e. The molecular formula is C21H16N4O4. The van der Waals surface area contributed by atoms with E-state index in [1.165, 1.54) is 0 Å². The molecule has 0 bridgehead atoms. The van der Waals surface area contributed by atoms with Crippen LogP contribution in [0.25, 0.3) is 0 Å². The number of nitrogens with two attached hydrogens (primary N) is 2. The predicted molar refractivity (Wildman–Crippen MR) is 105 cm³/mol. The summed E-state index contributed by atoms with van der Waals surface area (Å²) in [6.07, 6.45) is -1.36. The molecule has 3 aromatic rings. The van der Waals surface area contributed by atoms with Gasteiger partial charge in [-0.05, 0) is 18.2 Å². The fourth-order valence-corrected chi connectivity index (χ4v) is 4.25. The molecule has 3 aromatic carbocycles. The summed E-state index contributed by atoms with van der Waals surface area (Å²) in [5, 5.41) is 10.6. The molecule has 0 atom stereocenters. The summed E-state index contributed by atoms with van der Waals surface area (Å²) in [7, 11) is 0. The van der Waals surface area contributed by atoms with E-state index in [0.717, 1.165) is 5.01 Å². The molecule has 6 N–H and O–H groups in total. The highest BCUT2D eigenvalue weighted by molar-refractivity contribution is 6.03. The van der Waals surface area contributed by atoms with Crippen LogP contribution in [0, 0.1) is 0 Å². The minimum atomic E-state index is -1.36. The maximum Gasteiger partial charge on any atom is 0.423 e. The molecule has 2 aliphatic rings. The summed E-state index contributed by atoms with van der Waals surface area (Å²) >= 11 is 0. The van der Waals surface area contributed by atoms with Crippen LogP contribution in [0.5, 0.6) is 11.5 Å². The van der Waals surface area contributed by atoms with Crippen molar-refractivity contribution in [2.24, 2.45) is 0 Å². The predicted octanol–water partition coefficient (Wildman–Crippen LogP) is 2.89. The SMILES string of the molecule is Nc1ccc2c(c1)Oc1cc(N)ccc1C21c2ccccc2C(=O)N1NC(=O)O. The van der Waals surface area contributed by atoms with Gasteiger partial charge in [0.05, 0.1) is 0 Å². The fraction of sp³-hybridized carbons (Fsp3) is 0.0476. The second-order valence-electron chi connectivity index (χ2n) is 6.93. The Balaban J connectivity index is 1.94. The molecule has 0 fully saturated rings. The highest BCUT2D eigenvalue weighted by Gasteiger charge is 2.57. The summed E-state index contributed by atoms with van der Waals surface area (Å²) in [5.41, 5.74) is 16.1. The monoisotopic (exact) mass is 388 g/mol. The number of benzene rings is 3. The van der Waals surface area contributed by atoms with Gasteiger partial charge < -0.3 is 21.3 Å². The van der Waals surface area contributed by atoms with E-state index in [1.807, 2.05) is 12.1 Å². The number of hydrazine groups is 1. The third kappa shape index (κ3) is 2.13. The molecule has 2 amide bonds. The van der Waals surface area contributed by atoms with Crippen molar-refractivity contribution in [1.29, 1.82) is 0 Å². The molecule has 8 nitrogen and oxygen atoms in total. The Morgan fingerprint density at radius 3 is 2.10 bits per heavy atom. The highest BCUT2D eigenvalue weighted by atomic mass is 16.5. The van der Waals surface area contributed by atoms with Crippen molar-refractivity contribution in [1.82, 2.24) is 10.4 Å². The van der Waals surface area contributed by atoms with Gasteiger partial charge in [0.1, 0.15) is 17.0 Å². The lowest BCUT2D eigenvalue weighted by molar-refractivity contribution is 0.0503. The smallest absolute Gasteiger partial charge is 0.423 e. The Kier molecular flexibility index (Phi) is 3.30. The molecule has 8 heteroatoms. The van der Waals surface area contributed by atoms with Gasteiger partial charge in [-0.15, -0.1) is 0 Å². The van der Waals surface area contributed by atoms with E-state index in [2.05, 4.69) is 5.43 Å². The van der Waals surface area contributed by atoms with Crippen LogP contribution >= 0.6 is 0 Å². The fourth-order valence-electron chi connectivity index (χ4n) is 4.25. The number of carbonyl (C=O) groups is 2. The lowest BCUT2D eigenvalue weighted by Crippen LogP contribution is -2.55. The first kappa shape index (κ1) is 16.9. The largest absolute Gasteiger partial charge is 0.464 e. The van der Waals surface area contributed by atoms with Gasteiger partial charge in [0, 0.05) is 45.8 Å². The van der Waals surface area contributed by atoms with Gasteiger partial charge in [0.15, 0.2) is 0 Å². The molecule has 0 aliphatic carbocycles.